The number of rotatable bonds is 6. The largest absolute Gasteiger partial charge is 0.325 e. The Morgan fingerprint density at radius 3 is 2.47 bits per heavy atom. The first kappa shape index (κ1) is 24.2. The molecule has 36 heavy (non-hydrogen) atoms. The van der Waals surface area contributed by atoms with Gasteiger partial charge in [-0.05, 0) is 42.8 Å². The van der Waals surface area contributed by atoms with Gasteiger partial charge in [0.25, 0.3) is 5.56 Å². The average molecular weight is 536 g/mol. The minimum Gasteiger partial charge on any atom is -0.325 e. The van der Waals surface area contributed by atoms with Gasteiger partial charge in [-0.3, -0.25) is 14.2 Å². The summed E-state index contributed by atoms with van der Waals surface area (Å²) in [5.41, 5.74) is 2.69. The van der Waals surface area contributed by atoms with E-state index < -0.39 is 5.82 Å². The van der Waals surface area contributed by atoms with Crippen LogP contribution in [0.1, 0.15) is 4.88 Å². The fraction of sp³-hybridized carbons (Fsp3) is 0.0741. The van der Waals surface area contributed by atoms with E-state index in [-0.39, 0.29) is 22.2 Å². The SMILES string of the molecule is Cc1sc2nc(SCC(=O)Nc3ccc(F)c(Cl)c3)n(-c3ccccc3)c(=O)c2c1-c1ccccc1. The number of nitrogens with zero attached hydrogens (tertiary/aromatic N) is 2. The Bertz CT molecular complexity index is 1640. The molecule has 0 radical (unpaired) electrons. The molecule has 5 nitrogen and oxygen atoms in total. The van der Waals surface area contributed by atoms with Gasteiger partial charge in [0, 0.05) is 16.1 Å². The Morgan fingerprint density at radius 1 is 1.08 bits per heavy atom. The van der Waals surface area contributed by atoms with Crippen molar-refractivity contribution in [3.63, 3.8) is 0 Å². The molecule has 5 aromatic rings. The van der Waals surface area contributed by atoms with Crippen LogP contribution in [0.3, 0.4) is 0 Å². The van der Waals surface area contributed by atoms with Gasteiger partial charge in [0.1, 0.15) is 10.6 Å². The summed E-state index contributed by atoms with van der Waals surface area (Å²) in [4.78, 5) is 33.0. The van der Waals surface area contributed by atoms with E-state index in [1.165, 1.54) is 29.5 Å². The number of hydrogen-bond acceptors (Lipinski definition) is 5. The van der Waals surface area contributed by atoms with Crippen LogP contribution in [0.5, 0.6) is 0 Å². The summed E-state index contributed by atoms with van der Waals surface area (Å²) in [5, 5.41) is 3.59. The van der Waals surface area contributed by atoms with Crippen molar-refractivity contribution < 1.29 is 9.18 Å². The van der Waals surface area contributed by atoms with Crippen molar-refractivity contribution in [1.29, 1.82) is 0 Å². The van der Waals surface area contributed by atoms with Crippen molar-refractivity contribution in [2.75, 3.05) is 11.1 Å². The number of hydrogen-bond donors (Lipinski definition) is 1. The number of halogens is 2. The number of fused-ring (bicyclic) bond motifs is 1. The summed E-state index contributed by atoms with van der Waals surface area (Å²) in [6, 6.07) is 23.0. The van der Waals surface area contributed by atoms with Gasteiger partial charge in [-0.1, -0.05) is 71.9 Å². The number of thioether (sulfide) groups is 1. The third-order valence-corrected chi connectivity index (χ3v) is 7.71. The zero-order valence-corrected chi connectivity index (χ0v) is 21.4. The van der Waals surface area contributed by atoms with E-state index in [0.29, 0.717) is 26.7 Å². The highest BCUT2D eigenvalue weighted by atomic mass is 35.5. The highest BCUT2D eigenvalue weighted by Gasteiger charge is 2.21. The maximum Gasteiger partial charge on any atom is 0.268 e. The molecule has 0 saturated carbocycles. The van der Waals surface area contributed by atoms with Gasteiger partial charge in [-0.25, -0.2) is 9.37 Å². The Balaban J connectivity index is 1.55. The Kier molecular flexibility index (Phi) is 6.91. The topological polar surface area (TPSA) is 64.0 Å². The maximum atomic E-state index is 13.9. The number of benzene rings is 3. The predicted octanol–water partition coefficient (Wildman–Crippen LogP) is 6.95. The summed E-state index contributed by atoms with van der Waals surface area (Å²) in [6.45, 7) is 1.98. The predicted molar refractivity (Wildman–Crippen MR) is 146 cm³/mol. The zero-order valence-electron chi connectivity index (χ0n) is 19.0. The van der Waals surface area contributed by atoms with Gasteiger partial charge in [-0.2, -0.15) is 0 Å². The molecule has 0 atom stereocenters. The number of aryl methyl sites for hydroxylation is 1. The highest BCUT2D eigenvalue weighted by Crippen LogP contribution is 2.37. The standard InChI is InChI=1S/C27H19ClFN3O2S2/c1-16-23(17-8-4-2-5-9-17)24-25(36-16)31-27(32(26(24)34)19-10-6-3-7-11-19)35-15-22(33)30-18-12-13-21(29)20(28)14-18/h2-14H,15H2,1H3,(H,30,33). The maximum absolute atomic E-state index is 13.9. The molecule has 2 aromatic heterocycles. The number of carbonyl (C=O) groups excluding carboxylic acids is 1. The summed E-state index contributed by atoms with van der Waals surface area (Å²) in [7, 11) is 0. The molecule has 9 heteroatoms. The molecule has 2 heterocycles. The van der Waals surface area contributed by atoms with Gasteiger partial charge in [0.05, 0.1) is 21.8 Å². The molecule has 0 spiro atoms. The number of anilines is 1. The van der Waals surface area contributed by atoms with Crippen molar-refractivity contribution in [3.05, 3.63) is 105 Å². The van der Waals surface area contributed by atoms with Crippen LogP contribution in [0.25, 0.3) is 27.0 Å². The molecule has 0 aliphatic rings. The lowest BCUT2D eigenvalue weighted by atomic mass is 10.0. The minimum atomic E-state index is -0.561. The molecule has 180 valence electrons. The van der Waals surface area contributed by atoms with Crippen molar-refractivity contribution in [2.24, 2.45) is 0 Å². The molecule has 0 saturated heterocycles. The average Bonchev–Trinajstić information content (AvgIpc) is 3.22. The van der Waals surface area contributed by atoms with Crippen molar-refractivity contribution >= 4 is 56.5 Å². The van der Waals surface area contributed by atoms with Crippen LogP contribution in [-0.4, -0.2) is 21.2 Å². The van der Waals surface area contributed by atoms with Crippen LogP contribution >= 0.6 is 34.7 Å². The first-order valence-corrected chi connectivity index (χ1v) is 13.1. The molecule has 1 amide bonds. The van der Waals surface area contributed by atoms with Gasteiger partial charge in [0.15, 0.2) is 5.16 Å². The fourth-order valence-electron chi connectivity index (χ4n) is 3.90. The highest BCUT2D eigenvalue weighted by molar-refractivity contribution is 7.99. The number of carbonyl (C=O) groups is 1. The normalized spacial score (nSPS) is 11.1. The molecule has 0 aliphatic carbocycles. The summed E-state index contributed by atoms with van der Waals surface area (Å²) in [6.07, 6.45) is 0. The third-order valence-electron chi connectivity index (χ3n) is 5.48. The van der Waals surface area contributed by atoms with Crippen LogP contribution in [-0.2, 0) is 4.79 Å². The number of thiophene rings is 1. The first-order valence-electron chi connectivity index (χ1n) is 11.0. The lowest BCUT2D eigenvalue weighted by Gasteiger charge is -2.13. The molecule has 0 aliphatic heterocycles. The van der Waals surface area contributed by atoms with Crippen molar-refractivity contribution in [2.45, 2.75) is 12.1 Å². The monoisotopic (exact) mass is 535 g/mol. The second kappa shape index (κ2) is 10.3. The van der Waals surface area contributed by atoms with Crippen LogP contribution in [0.4, 0.5) is 10.1 Å². The van der Waals surface area contributed by atoms with E-state index in [1.807, 2.05) is 67.6 Å². The van der Waals surface area contributed by atoms with E-state index in [2.05, 4.69) is 5.32 Å². The summed E-state index contributed by atoms with van der Waals surface area (Å²) >= 11 is 8.43. The van der Waals surface area contributed by atoms with E-state index in [4.69, 9.17) is 16.6 Å². The molecule has 0 unspecified atom stereocenters. The number of amides is 1. The summed E-state index contributed by atoms with van der Waals surface area (Å²) in [5.74, 6) is -0.895. The second-order valence-electron chi connectivity index (χ2n) is 7.92. The molecular weight excluding hydrogens is 517 g/mol. The molecule has 5 rings (SSSR count). The van der Waals surface area contributed by atoms with E-state index in [0.717, 1.165) is 27.8 Å². The summed E-state index contributed by atoms with van der Waals surface area (Å²) < 4.78 is 15.0. The van der Waals surface area contributed by atoms with Gasteiger partial charge >= 0.3 is 0 Å². The third kappa shape index (κ3) is 4.80. The lowest BCUT2D eigenvalue weighted by Crippen LogP contribution is -2.22. The Morgan fingerprint density at radius 2 is 1.78 bits per heavy atom. The van der Waals surface area contributed by atoms with E-state index in [1.54, 1.807) is 4.57 Å². The molecule has 0 bridgehead atoms. The van der Waals surface area contributed by atoms with Crippen LogP contribution < -0.4 is 10.9 Å². The Hall–Kier alpha value is -3.46. The van der Waals surface area contributed by atoms with Crippen LogP contribution in [0.15, 0.2) is 88.8 Å². The smallest absolute Gasteiger partial charge is 0.268 e. The van der Waals surface area contributed by atoms with Crippen molar-refractivity contribution in [1.82, 2.24) is 9.55 Å². The first-order chi connectivity index (χ1) is 17.4. The number of para-hydroxylation sites is 1. The quantitative estimate of drug-likeness (QED) is 0.189. The van der Waals surface area contributed by atoms with E-state index >= 15 is 0 Å². The molecule has 3 aromatic carbocycles. The number of aromatic nitrogens is 2. The Labute approximate surface area is 219 Å². The van der Waals surface area contributed by atoms with Crippen LogP contribution in [0, 0.1) is 12.7 Å². The van der Waals surface area contributed by atoms with Gasteiger partial charge in [0.2, 0.25) is 5.91 Å². The zero-order chi connectivity index (χ0) is 25.2. The fourth-order valence-corrected chi connectivity index (χ4v) is 5.98. The van der Waals surface area contributed by atoms with E-state index in [9.17, 15) is 14.0 Å². The second-order valence-corrected chi connectivity index (χ2v) is 10.5. The van der Waals surface area contributed by atoms with Crippen molar-refractivity contribution in [3.8, 4) is 16.8 Å². The number of nitrogens with one attached hydrogen (secondary N) is 1. The lowest BCUT2D eigenvalue weighted by molar-refractivity contribution is -0.113. The van der Waals surface area contributed by atoms with Crippen LogP contribution in [0.2, 0.25) is 5.02 Å². The van der Waals surface area contributed by atoms with Gasteiger partial charge in [-0.15, -0.1) is 11.3 Å². The molecular formula is C27H19ClFN3O2S2. The molecule has 0 fully saturated rings. The molecule has 1 N–H and O–H groups in total. The minimum absolute atomic E-state index is 0.00429. The van der Waals surface area contributed by atoms with Gasteiger partial charge < -0.3 is 5.32 Å².